The van der Waals surface area contributed by atoms with Crippen LogP contribution in [0.25, 0.3) is 0 Å². The molecule has 1 aromatic carbocycles. The van der Waals surface area contributed by atoms with E-state index >= 15 is 0 Å². The first kappa shape index (κ1) is 13.1. The van der Waals surface area contributed by atoms with Crippen molar-refractivity contribution in [1.82, 2.24) is 5.32 Å². The molecule has 0 spiro atoms. The van der Waals surface area contributed by atoms with Gasteiger partial charge in [-0.1, -0.05) is 0 Å². The summed E-state index contributed by atoms with van der Waals surface area (Å²) >= 11 is -1.14. The first-order valence-electron chi connectivity index (χ1n) is 4.45. The summed E-state index contributed by atoms with van der Waals surface area (Å²) in [5.74, 6) is 0. The Labute approximate surface area is 90.2 Å². The molecule has 0 saturated heterocycles. The monoisotopic (exact) mass is 375 g/mol. The zero-order valence-electron chi connectivity index (χ0n) is 9.26. The van der Waals surface area contributed by atoms with E-state index in [0.29, 0.717) is 0 Å². The Morgan fingerprint density at radius 3 is 1.85 bits per heavy atom. The van der Waals surface area contributed by atoms with Crippen LogP contribution in [0.2, 0.25) is 9.26 Å². The van der Waals surface area contributed by atoms with Gasteiger partial charge in [0.05, 0.1) is 0 Å². The second-order valence-electron chi connectivity index (χ2n) is 3.18. The van der Waals surface area contributed by atoms with Gasteiger partial charge in [-0.15, -0.1) is 0 Å². The number of benzene rings is 1. The summed E-state index contributed by atoms with van der Waals surface area (Å²) in [6.07, 6.45) is 0. The van der Waals surface area contributed by atoms with Gasteiger partial charge in [-0.2, -0.15) is 0 Å². The van der Waals surface area contributed by atoms with E-state index in [-0.39, 0.29) is 0 Å². The molecule has 0 unspecified atom stereocenters. The zero-order chi connectivity index (χ0) is 10.3. The van der Waals surface area contributed by atoms with Crippen molar-refractivity contribution in [3.05, 3.63) is 29.8 Å². The van der Waals surface area contributed by atoms with E-state index in [1.54, 1.807) is 3.27 Å². The van der Waals surface area contributed by atoms with E-state index in [1.807, 2.05) is 14.1 Å². The van der Waals surface area contributed by atoms with Gasteiger partial charge in [0.2, 0.25) is 0 Å². The van der Waals surface area contributed by atoms with Crippen LogP contribution in [0.1, 0.15) is 5.56 Å². The van der Waals surface area contributed by atoms with Crippen LogP contribution in [0, 0.1) is 6.92 Å². The fourth-order valence-corrected chi connectivity index (χ4v) is 5.59. The Morgan fingerprint density at radius 1 is 1.08 bits per heavy atom. The number of nitrogens with one attached hydrogen (secondary N) is 1. The van der Waals surface area contributed by atoms with Crippen molar-refractivity contribution in [1.29, 1.82) is 0 Å². The first-order chi connectivity index (χ1) is 6.13. The third kappa shape index (κ3) is 5.38. The topological polar surface area (TPSA) is 12.0 Å². The van der Waals surface area contributed by atoms with E-state index < -0.39 is 21.8 Å². The summed E-state index contributed by atoms with van der Waals surface area (Å²) in [5, 5.41) is 2.75. The van der Waals surface area contributed by atoms with Gasteiger partial charge in [0.1, 0.15) is 0 Å². The normalized spacial score (nSPS) is 9.38. The van der Waals surface area contributed by atoms with Crippen molar-refractivity contribution < 1.29 is 0 Å². The molecule has 0 atom stereocenters. The van der Waals surface area contributed by atoms with Gasteiger partial charge in [-0.25, -0.2) is 0 Å². The molecule has 74 valence electrons. The second-order valence-corrected chi connectivity index (χ2v) is 12.0. The van der Waals surface area contributed by atoms with Gasteiger partial charge in [0, 0.05) is 0 Å². The molecule has 0 aromatic heterocycles. The molecule has 1 N–H and O–H groups in total. The molecule has 0 radical (unpaired) electrons. The molecule has 0 aliphatic heterocycles. The van der Waals surface area contributed by atoms with E-state index in [1.165, 1.54) is 5.56 Å². The quantitative estimate of drug-likeness (QED) is 0.739. The van der Waals surface area contributed by atoms with E-state index in [2.05, 4.69) is 45.8 Å². The maximum absolute atomic E-state index is 2.75. The van der Waals surface area contributed by atoms with Crippen molar-refractivity contribution in [3.8, 4) is 0 Å². The second kappa shape index (κ2) is 7.47. The van der Waals surface area contributed by atoms with Gasteiger partial charge in [-0.3, -0.25) is 0 Å². The fraction of sp³-hybridized carbons (Fsp3) is 0.455. The van der Waals surface area contributed by atoms with Gasteiger partial charge < -0.3 is 5.32 Å². The van der Waals surface area contributed by atoms with Crippen molar-refractivity contribution in [2.45, 2.75) is 16.2 Å². The molecule has 1 rings (SSSR count). The third-order valence-electron chi connectivity index (χ3n) is 1.60. The molecule has 0 aliphatic carbocycles. The van der Waals surface area contributed by atoms with Crippen LogP contribution in [-0.4, -0.2) is 35.8 Å². The van der Waals surface area contributed by atoms with Crippen LogP contribution >= 0.6 is 0 Å². The molecule has 0 amide bonds. The van der Waals surface area contributed by atoms with Crippen molar-refractivity contribution >= 4 is 25.0 Å². The molecule has 13 heavy (non-hydrogen) atoms. The molecule has 0 saturated carbocycles. The Balaban J connectivity index is 0.000000424. The Kier molecular flexibility index (Phi) is 7.50. The Morgan fingerprint density at radius 2 is 1.54 bits per heavy atom. The van der Waals surface area contributed by atoms with Crippen LogP contribution in [0.3, 0.4) is 0 Å². The standard InChI is InChI=1S/C7H7.C2H7N.2CH3.Bi/c1-7-5-3-2-4-6-7;1-3-2;;;/h2-5H,1H3;3H,1-2H3;2*1H3;. The molecular weight excluding hydrogens is 355 g/mol. The number of hydrogen-bond acceptors (Lipinski definition) is 1. The predicted octanol–water partition coefficient (Wildman–Crippen LogP) is 1.79. The predicted molar refractivity (Wildman–Crippen MR) is 63.3 cm³/mol. The van der Waals surface area contributed by atoms with Crippen molar-refractivity contribution in [2.75, 3.05) is 14.1 Å². The summed E-state index contributed by atoms with van der Waals surface area (Å²) in [7, 11) is 3.75. The summed E-state index contributed by atoms with van der Waals surface area (Å²) < 4.78 is 6.52. The molecular formula is C11H20BiN. The summed E-state index contributed by atoms with van der Waals surface area (Å²) in [6.45, 7) is 2.21. The van der Waals surface area contributed by atoms with Crippen molar-refractivity contribution in [3.63, 3.8) is 0 Å². The molecule has 1 aromatic rings. The Bertz CT molecular complexity index is 233. The molecule has 0 aliphatic rings. The molecule has 2 heteroatoms. The van der Waals surface area contributed by atoms with Crippen molar-refractivity contribution in [2.24, 2.45) is 0 Å². The van der Waals surface area contributed by atoms with Crippen LogP contribution in [0.4, 0.5) is 0 Å². The van der Waals surface area contributed by atoms with Crippen LogP contribution in [0.5, 0.6) is 0 Å². The van der Waals surface area contributed by atoms with Gasteiger partial charge in [0.25, 0.3) is 0 Å². The van der Waals surface area contributed by atoms with Crippen LogP contribution < -0.4 is 8.59 Å². The van der Waals surface area contributed by atoms with Crippen LogP contribution in [0.15, 0.2) is 24.3 Å². The SMILES string of the molecule is CNC.Cc1cccc[c]1[Bi]([CH3])[CH3]. The number of hydrogen-bond donors (Lipinski definition) is 1. The Hall–Kier alpha value is 0.0631. The van der Waals surface area contributed by atoms with E-state index in [0.717, 1.165) is 0 Å². The fourth-order valence-electron chi connectivity index (χ4n) is 1.07. The van der Waals surface area contributed by atoms with Gasteiger partial charge in [0.15, 0.2) is 0 Å². The zero-order valence-corrected chi connectivity index (χ0v) is 12.7. The average Bonchev–Trinajstić information content (AvgIpc) is 2.06. The first-order valence-corrected chi connectivity index (χ1v) is 13.1. The molecule has 0 heterocycles. The minimum absolute atomic E-state index is 1.14. The van der Waals surface area contributed by atoms with Gasteiger partial charge >= 0.3 is 71.0 Å². The third-order valence-corrected chi connectivity index (χ3v) is 7.29. The molecule has 0 fully saturated rings. The molecule has 0 bridgehead atoms. The number of aryl methyl sites for hydroxylation is 1. The number of rotatable bonds is 1. The summed E-state index contributed by atoms with van der Waals surface area (Å²) in [4.78, 5) is 0. The minimum atomic E-state index is -1.14. The molecule has 1 nitrogen and oxygen atoms in total. The van der Waals surface area contributed by atoms with Gasteiger partial charge in [-0.05, 0) is 14.1 Å². The van der Waals surface area contributed by atoms with E-state index in [9.17, 15) is 0 Å². The summed E-state index contributed by atoms with van der Waals surface area (Å²) in [6, 6.07) is 8.77. The van der Waals surface area contributed by atoms with E-state index in [4.69, 9.17) is 0 Å². The maximum atomic E-state index is 2.75. The van der Waals surface area contributed by atoms with Crippen LogP contribution in [-0.2, 0) is 0 Å². The summed E-state index contributed by atoms with van der Waals surface area (Å²) in [5.41, 5.74) is 1.49. The average molecular weight is 375 g/mol.